The quantitative estimate of drug-likeness (QED) is 0.690. The first kappa shape index (κ1) is 13.3. The van der Waals surface area contributed by atoms with E-state index in [4.69, 9.17) is 5.11 Å². The lowest BCUT2D eigenvalue weighted by atomic mass is 10.1. The van der Waals surface area contributed by atoms with Crippen molar-refractivity contribution in [2.75, 3.05) is 26.2 Å². The Morgan fingerprint density at radius 2 is 2.29 bits per heavy atom. The zero-order chi connectivity index (χ0) is 12.8. The number of hydrogen-bond donors (Lipinski definition) is 2. The van der Waals surface area contributed by atoms with Crippen molar-refractivity contribution in [2.45, 2.75) is 13.3 Å². The van der Waals surface area contributed by atoms with Crippen LogP contribution in [0.15, 0.2) is 0 Å². The number of ether oxygens (including phenoxy) is 1. The van der Waals surface area contributed by atoms with Crippen LogP contribution in [0.3, 0.4) is 0 Å². The SMILES string of the molecule is CCOC(=O)NCCN1CC(C(=O)O)CC1=O. The minimum atomic E-state index is -0.959. The second kappa shape index (κ2) is 6.07. The largest absolute Gasteiger partial charge is 0.481 e. The van der Waals surface area contributed by atoms with Gasteiger partial charge >= 0.3 is 12.1 Å². The van der Waals surface area contributed by atoms with Crippen molar-refractivity contribution in [3.8, 4) is 0 Å². The molecule has 1 aliphatic rings. The fourth-order valence-electron chi connectivity index (χ4n) is 1.63. The molecule has 7 nitrogen and oxygen atoms in total. The zero-order valence-corrected chi connectivity index (χ0v) is 9.64. The van der Waals surface area contributed by atoms with E-state index in [-0.39, 0.29) is 32.0 Å². The first-order chi connectivity index (χ1) is 8.04. The predicted octanol–water partition coefficient (Wildman–Crippen LogP) is -0.334. The van der Waals surface area contributed by atoms with E-state index in [9.17, 15) is 14.4 Å². The van der Waals surface area contributed by atoms with Gasteiger partial charge in [-0.1, -0.05) is 0 Å². The second-order valence-electron chi connectivity index (χ2n) is 3.73. The van der Waals surface area contributed by atoms with Crippen molar-refractivity contribution in [1.82, 2.24) is 10.2 Å². The van der Waals surface area contributed by atoms with E-state index in [0.717, 1.165) is 0 Å². The highest BCUT2D eigenvalue weighted by molar-refractivity contribution is 5.86. The van der Waals surface area contributed by atoms with Gasteiger partial charge in [0.2, 0.25) is 5.91 Å². The van der Waals surface area contributed by atoms with Gasteiger partial charge in [-0.25, -0.2) is 4.79 Å². The van der Waals surface area contributed by atoms with Crippen molar-refractivity contribution in [3.05, 3.63) is 0 Å². The molecule has 17 heavy (non-hydrogen) atoms. The van der Waals surface area contributed by atoms with Crippen LogP contribution >= 0.6 is 0 Å². The van der Waals surface area contributed by atoms with Crippen molar-refractivity contribution in [1.29, 1.82) is 0 Å². The molecule has 2 N–H and O–H groups in total. The maximum Gasteiger partial charge on any atom is 0.407 e. The van der Waals surface area contributed by atoms with Crippen LogP contribution in [0, 0.1) is 5.92 Å². The molecule has 0 aromatic heterocycles. The molecule has 0 saturated carbocycles. The Hall–Kier alpha value is -1.79. The van der Waals surface area contributed by atoms with E-state index in [1.165, 1.54) is 4.90 Å². The smallest absolute Gasteiger partial charge is 0.407 e. The summed E-state index contributed by atoms with van der Waals surface area (Å²) >= 11 is 0. The van der Waals surface area contributed by atoms with Crippen molar-refractivity contribution >= 4 is 18.0 Å². The highest BCUT2D eigenvalue weighted by Gasteiger charge is 2.33. The number of amides is 2. The monoisotopic (exact) mass is 244 g/mol. The Morgan fingerprint density at radius 1 is 1.59 bits per heavy atom. The lowest BCUT2D eigenvalue weighted by Crippen LogP contribution is -2.36. The van der Waals surface area contributed by atoms with E-state index < -0.39 is 18.0 Å². The van der Waals surface area contributed by atoms with Crippen molar-refractivity contribution in [2.24, 2.45) is 5.92 Å². The number of aliphatic carboxylic acids is 1. The summed E-state index contributed by atoms with van der Waals surface area (Å²) in [6.07, 6.45) is -0.497. The second-order valence-corrected chi connectivity index (χ2v) is 3.73. The number of rotatable bonds is 5. The Morgan fingerprint density at radius 3 is 2.82 bits per heavy atom. The molecule has 0 aromatic carbocycles. The first-order valence-corrected chi connectivity index (χ1v) is 5.45. The third-order valence-electron chi connectivity index (χ3n) is 2.49. The summed E-state index contributed by atoms with van der Waals surface area (Å²) in [7, 11) is 0. The van der Waals surface area contributed by atoms with E-state index in [1.54, 1.807) is 6.92 Å². The molecule has 1 saturated heterocycles. The number of carbonyl (C=O) groups is 3. The molecule has 0 aliphatic carbocycles. The fourth-order valence-corrected chi connectivity index (χ4v) is 1.63. The Labute approximate surface area is 98.7 Å². The van der Waals surface area contributed by atoms with Gasteiger partial charge in [0.1, 0.15) is 0 Å². The number of carbonyl (C=O) groups excluding carboxylic acids is 2. The van der Waals surface area contributed by atoms with E-state index >= 15 is 0 Å². The van der Waals surface area contributed by atoms with Crippen LogP contribution in [-0.4, -0.2) is 54.2 Å². The van der Waals surface area contributed by atoms with Gasteiger partial charge in [0.25, 0.3) is 0 Å². The number of carboxylic acid groups (broad SMARTS) is 1. The van der Waals surface area contributed by atoms with E-state index in [1.807, 2.05) is 0 Å². The van der Waals surface area contributed by atoms with Gasteiger partial charge in [-0.05, 0) is 6.92 Å². The van der Waals surface area contributed by atoms with E-state index in [2.05, 4.69) is 10.1 Å². The van der Waals surface area contributed by atoms with Crippen LogP contribution in [0.1, 0.15) is 13.3 Å². The molecule has 1 heterocycles. The zero-order valence-electron chi connectivity index (χ0n) is 9.64. The lowest BCUT2D eigenvalue weighted by molar-refractivity contribution is -0.141. The highest BCUT2D eigenvalue weighted by atomic mass is 16.5. The molecule has 96 valence electrons. The van der Waals surface area contributed by atoms with Crippen LogP contribution in [-0.2, 0) is 14.3 Å². The summed E-state index contributed by atoms with van der Waals surface area (Å²) in [6.45, 7) is 2.76. The highest BCUT2D eigenvalue weighted by Crippen LogP contribution is 2.16. The summed E-state index contributed by atoms with van der Waals surface area (Å²) in [6, 6.07) is 0. The van der Waals surface area contributed by atoms with Crippen LogP contribution in [0.4, 0.5) is 4.79 Å². The third-order valence-corrected chi connectivity index (χ3v) is 2.49. The molecule has 1 atom stereocenters. The molecular weight excluding hydrogens is 228 g/mol. The molecule has 1 rings (SSSR count). The normalized spacial score (nSPS) is 19.2. The Balaban J connectivity index is 2.26. The van der Waals surface area contributed by atoms with Crippen LogP contribution in [0.5, 0.6) is 0 Å². The minimum absolute atomic E-state index is 0.0364. The Kier molecular flexibility index (Phi) is 4.74. The number of likely N-dealkylation sites (tertiary alicyclic amines) is 1. The topological polar surface area (TPSA) is 95.9 Å². The average Bonchev–Trinajstić information content (AvgIpc) is 2.61. The molecule has 0 radical (unpaired) electrons. The maximum atomic E-state index is 11.4. The maximum absolute atomic E-state index is 11.4. The number of carboxylic acids is 1. The average molecular weight is 244 g/mol. The van der Waals surface area contributed by atoms with Gasteiger partial charge < -0.3 is 20.1 Å². The molecule has 0 spiro atoms. The van der Waals surface area contributed by atoms with Gasteiger partial charge in [-0.15, -0.1) is 0 Å². The molecule has 1 aliphatic heterocycles. The fraction of sp³-hybridized carbons (Fsp3) is 0.700. The van der Waals surface area contributed by atoms with Crippen LogP contribution < -0.4 is 5.32 Å². The predicted molar refractivity (Wildman–Crippen MR) is 57.3 cm³/mol. The summed E-state index contributed by atoms with van der Waals surface area (Å²) in [5.41, 5.74) is 0. The standard InChI is InChI=1S/C10H16N2O5/c1-2-17-10(16)11-3-4-12-6-7(9(14)15)5-8(12)13/h7H,2-6H2,1H3,(H,11,16)(H,14,15). The summed E-state index contributed by atoms with van der Waals surface area (Å²) in [5, 5.41) is 11.2. The van der Waals surface area contributed by atoms with Gasteiger partial charge in [0.15, 0.2) is 0 Å². The van der Waals surface area contributed by atoms with Gasteiger partial charge in [-0.3, -0.25) is 9.59 Å². The van der Waals surface area contributed by atoms with Crippen molar-refractivity contribution in [3.63, 3.8) is 0 Å². The molecular formula is C10H16N2O5. The van der Waals surface area contributed by atoms with Crippen LogP contribution in [0.25, 0.3) is 0 Å². The summed E-state index contributed by atoms with van der Waals surface area (Å²) < 4.78 is 4.65. The first-order valence-electron chi connectivity index (χ1n) is 5.45. The number of nitrogens with zero attached hydrogens (tertiary/aromatic N) is 1. The van der Waals surface area contributed by atoms with Gasteiger partial charge in [0.05, 0.1) is 12.5 Å². The molecule has 0 bridgehead atoms. The molecule has 7 heteroatoms. The number of hydrogen-bond acceptors (Lipinski definition) is 4. The molecule has 0 aromatic rings. The Bertz CT molecular complexity index is 318. The van der Waals surface area contributed by atoms with E-state index in [0.29, 0.717) is 6.54 Å². The van der Waals surface area contributed by atoms with Crippen LogP contribution in [0.2, 0.25) is 0 Å². The molecule has 1 fully saturated rings. The van der Waals surface area contributed by atoms with Crippen molar-refractivity contribution < 1.29 is 24.2 Å². The summed E-state index contributed by atoms with van der Waals surface area (Å²) in [4.78, 5) is 34.5. The number of alkyl carbamates (subject to hydrolysis) is 1. The lowest BCUT2D eigenvalue weighted by Gasteiger charge is -2.15. The summed E-state index contributed by atoms with van der Waals surface area (Å²) in [5.74, 6) is -1.78. The molecule has 2 amide bonds. The minimum Gasteiger partial charge on any atom is -0.481 e. The van der Waals surface area contributed by atoms with Gasteiger partial charge in [-0.2, -0.15) is 0 Å². The third kappa shape index (κ3) is 3.93. The molecule has 1 unspecified atom stereocenters. The van der Waals surface area contributed by atoms with Gasteiger partial charge in [0, 0.05) is 26.1 Å². The number of nitrogens with one attached hydrogen (secondary N) is 1.